The molecule has 0 unspecified atom stereocenters. The van der Waals surface area contributed by atoms with Gasteiger partial charge in [0.25, 0.3) is 0 Å². The predicted octanol–water partition coefficient (Wildman–Crippen LogP) is 6.14. The molecule has 4 nitrogen and oxygen atoms in total. The minimum atomic E-state index is -0.930. The molecule has 0 saturated carbocycles. The second-order valence-electron chi connectivity index (χ2n) is 6.49. The fourth-order valence-corrected chi connectivity index (χ4v) is 3.81. The van der Waals surface area contributed by atoms with Gasteiger partial charge in [0.2, 0.25) is 0 Å². The lowest BCUT2D eigenvalue weighted by molar-refractivity contribution is -0.136. The van der Waals surface area contributed by atoms with Gasteiger partial charge in [0, 0.05) is 21.7 Å². The van der Waals surface area contributed by atoms with Gasteiger partial charge in [-0.15, -0.1) is 0 Å². The lowest BCUT2D eigenvalue weighted by Crippen LogP contribution is -2.04. The van der Waals surface area contributed by atoms with E-state index in [1.807, 2.05) is 60.7 Å². The Kier molecular flexibility index (Phi) is 5.38. The Bertz CT molecular complexity index is 1170. The summed E-state index contributed by atoms with van der Waals surface area (Å²) in [6, 6.07) is 24.3. The molecule has 0 aliphatic rings. The van der Waals surface area contributed by atoms with Crippen molar-refractivity contribution in [3.05, 3.63) is 94.5 Å². The number of carboxylic acid groups (broad SMARTS) is 1. The van der Waals surface area contributed by atoms with Crippen LogP contribution in [0.3, 0.4) is 0 Å². The molecule has 0 saturated heterocycles. The summed E-state index contributed by atoms with van der Waals surface area (Å²) in [5, 5.41) is 15.3. The quantitative estimate of drug-likeness (QED) is 0.420. The average Bonchev–Trinajstić information content (AvgIpc) is 3.07. The van der Waals surface area contributed by atoms with Crippen molar-refractivity contribution < 1.29 is 9.90 Å². The van der Waals surface area contributed by atoms with Gasteiger partial charge >= 0.3 is 5.97 Å². The van der Waals surface area contributed by atoms with Crippen LogP contribution in [0, 0.1) is 0 Å². The van der Waals surface area contributed by atoms with Crippen LogP contribution in [0.15, 0.2) is 78.9 Å². The van der Waals surface area contributed by atoms with E-state index in [2.05, 4.69) is 0 Å². The van der Waals surface area contributed by atoms with Crippen molar-refractivity contribution in [3.63, 3.8) is 0 Å². The minimum absolute atomic E-state index is 0.167. The fraction of sp³-hybridized carbons (Fsp3) is 0.0435. The van der Waals surface area contributed by atoms with Gasteiger partial charge in [-0.1, -0.05) is 83.9 Å². The first-order valence-electron chi connectivity index (χ1n) is 8.94. The third kappa shape index (κ3) is 3.90. The molecule has 0 aliphatic heterocycles. The van der Waals surface area contributed by atoms with Crippen LogP contribution < -0.4 is 0 Å². The van der Waals surface area contributed by atoms with Crippen LogP contribution in [-0.4, -0.2) is 20.9 Å². The van der Waals surface area contributed by atoms with Crippen molar-refractivity contribution in [3.8, 4) is 28.2 Å². The zero-order valence-corrected chi connectivity index (χ0v) is 16.7. The molecule has 1 aromatic heterocycles. The summed E-state index contributed by atoms with van der Waals surface area (Å²) in [7, 11) is 0. The summed E-state index contributed by atoms with van der Waals surface area (Å²) < 4.78 is 1.70. The largest absolute Gasteiger partial charge is 0.481 e. The van der Waals surface area contributed by atoms with Crippen LogP contribution in [0.1, 0.15) is 5.56 Å². The van der Waals surface area contributed by atoms with E-state index in [-0.39, 0.29) is 6.42 Å². The molecule has 1 heterocycles. The Labute approximate surface area is 178 Å². The topological polar surface area (TPSA) is 55.1 Å². The molecule has 0 radical (unpaired) electrons. The highest BCUT2D eigenvalue weighted by atomic mass is 35.5. The zero-order chi connectivity index (χ0) is 20.4. The lowest BCUT2D eigenvalue weighted by atomic mass is 9.99. The summed E-state index contributed by atoms with van der Waals surface area (Å²) in [5.74, 6) is -0.930. The number of hydrogen-bond donors (Lipinski definition) is 1. The molecule has 4 rings (SSSR count). The van der Waals surface area contributed by atoms with E-state index in [9.17, 15) is 9.90 Å². The van der Waals surface area contributed by atoms with E-state index in [1.165, 1.54) is 0 Å². The monoisotopic (exact) mass is 422 g/mol. The SMILES string of the molecule is O=C(O)Cc1c(-c2ccccc2)nn(-c2ccc(Cl)cc2Cl)c1-c1ccccc1. The van der Waals surface area contributed by atoms with E-state index >= 15 is 0 Å². The Morgan fingerprint density at radius 1 is 0.897 bits per heavy atom. The molecule has 0 aliphatic carbocycles. The Balaban J connectivity index is 2.06. The molecule has 144 valence electrons. The Morgan fingerprint density at radius 2 is 1.52 bits per heavy atom. The highest BCUT2D eigenvalue weighted by Gasteiger charge is 2.24. The van der Waals surface area contributed by atoms with E-state index in [4.69, 9.17) is 28.3 Å². The van der Waals surface area contributed by atoms with E-state index < -0.39 is 5.97 Å². The van der Waals surface area contributed by atoms with Gasteiger partial charge in [-0.25, -0.2) is 4.68 Å². The number of carboxylic acids is 1. The predicted molar refractivity (Wildman–Crippen MR) is 116 cm³/mol. The summed E-state index contributed by atoms with van der Waals surface area (Å²) in [6.45, 7) is 0. The number of halogens is 2. The van der Waals surface area contributed by atoms with E-state index in [0.29, 0.717) is 32.7 Å². The summed E-state index contributed by atoms with van der Waals surface area (Å²) >= 11 is 12.5. The highest BCUT2D eigenvalue weighted by molar-refractivity contribution is 6.35. The van der Waals surface area contributed by atoms with Gasteiger partial charge < -0.3 is 5.11 Å². The number of carbonyl (C=O) groups is 1. The van der Waals surface area contributed by atoms with E-state index in [0.717, 1.165) is 11.1 Å². The number of hydrogen-bond acceptors (Lipinski definition) is 2. The average molecular weight is 423 g/mol. The maximum atomic E-state index is 11.7. The van der Waals surface area contributed by atoms with Gasteiger partial charge in [0.15, 0.2) is 0 Å². The first-order valence-corrected chi connectivity index (χ1v) is 9.70. The zero-order valence-electron chi connectivity index (χ0n) is 15.2. The molecule has 0 bridgehead atoms. The van der Waals surface area contributed by atoms with E-state index in [1.54, 1.807) is 22.9 Å². The molecule has 3 aromatic carbocycles. The number of benzene rings is 3. The number of aromatic nitrogens is 2. The smallest absolute Gasteiger partial charge is 0.307 e. The van der Waals surface area contributed by atoms with Gasteiger partial charge in [0.05, 0.1) is 28.5 Å². The second-order valence-corrected chi connectivity index (χ2v) is 7.33. The summed E-state index contributed by atoms with van der Waals surface area (Å²) in [4.78, 5) is 11.7. The van der Waals surface area contributed by atoms with Crippen molar-refractivity contribution in [2.45, 2.75) is 6.42 Å². The maximum Gasteiger partial charge on any atom is 0.307 e. The first kappa shape index (κ1) is 19.2. The summed E-state index contributed by atoms with van der Waals surface area (Å²) in [6.07, 6.45) is -0.167. The highest BCUT2D eigenvalue weighted by Crippen LogP contribution is 2.36. The van der Waals surface area contributed by atoms with Gasteiger partial charge in [-0.3, -0.25) is 4.79 Å². The lowest BCUT2D eigenvalue weighted by Gasteiger charge is -2.11. The standard InChI is InChI=1S/C23H16Cl2N2O2/c24-17-11-12-20(19(25)13-17)27-23(16-9-5-2-6-10-16)18(14-21(28)29)22(26-27)15-7-3-1-4-8-15/h1-13H,14H2,(H,28,29). The molecule has 29 heavy (non-hydrogen) atoms. The van der Waals surface area contributed by atoms with Crippen molar-refractivity contribution in [2.24, 2.45) is 0 Å². The van der Waals surface area contributed by atoms with Crippen molar-refractivity contribution in [2.75, 3.05) is 0 Å². The minimum Gasteiger partial charge on any atom is -0.481 e. The third-order valence-electron chi connectivity index (χ3n) is 4.54. The molecule has 0 spiro atoms. The van der Waals surface area contributed by atoms with Crippen LogP contribution in [-0.2, 0) is 11.2 Å². The van der Waals surface area contributed by atoms with Crippen molar-refractivity contribution in [1.29, 1.82) is 0 Å². The van der Waals surface area contributed by atoms with Crippen LogP contribution in [0.5, 0.6) is 0 Å². The molecule has 1 N–H and O–H groups in total. The maximum absolute atomic E-state index is 11.7. The normalized spacial score (nSPS) is 10.8. The van der Waals surface area contributed by atoms with Crippen LogP contribution in [0.2, 0.25) is 10.0 Å². The molecular weight excluding hydrogens is 407 g/mol. The number of nitrogens with zero attached hydrogens (tertiary/aromatic N) is 2. The van der Waals surface area contributed by atoms with Crippen LogP contribution in [0.25, 0.3) is 28.2 Å². The first-order chi connectivity index (χ1) is 14.0. The molecule has 0 atom stereocenters. The van der Waals surface area contributed by atoms with Crippen LogP contribution >= 0.6 is 23.2 Å². The van der Waals surface area contributed by atoms with Crippen LogP contribution in [0.4, 0.5) is 0 Å². The molecule has 0 fully saturated rings. The number of rotatable bonds is 5. The number of aliphatic carboxylic acids is 1. The van der Waals surface area contributed by atoms with Crippen molar-refractivity contribution >= 4 is 29.2 Å². The Morgan fingerprint density at radius 3 is 2.10 bits per heavy atom. The molecule has 6 heteroatoms. The summed E-state index contributed by atoms with van der Waals surface area (Å²) in [5.41, 5.74) is 4.24. The van der Waals surface area contributed by atoms with Gasteiger partial charge in [0.1, 0.15) is 0 Å². The molecule has 0 amide bonds. The van der Waals surface area contributed by atoms with Crippen molar-refractivity contribution in [1.82, 2.24) is 9.78 Å². The Hall–Kier alpha value is -3.08. The second kappa shape index (κ2) is 8.11. The molecule has 4 aromatic rings. The van der Waals surface area contributed by atoms with Gasteiger partial charge in [-0.05, 0) is 18.2 Å². The fourth-order valence-electron chi connectivity index (χ4n) is 3.32. The van der Waals surface area contributed by atoms with Gasteiger partial charge in [-0.2, -0.15) is 5.10 Å². The third-order valence-corrected chi connectivity index (χ3v) is 5.08. The molecular formula is C23H16Cl2N2O2.